The number of rotatable bonds is 6. The van der Waals surface area contributed by atoms with Gasteiger partial charge in [0, 0.05) is 11.1 Å². The van der Waals surface area contributed by atoms with Crippen molar-refractivity contribution < 1.29 is 0 Å². The Labute approximate surface area is 111 Å². The van der Waals surface area contributed by atoms with Crippen LogP contribution in [-0.4, -0.2) is 6.54 Å². The van der Waals surface area contributed by atoms with Crippen LogP contribution in [0.25, 0.3) is 0 Å². The zero-order valence-corrected chi connectivity index (χ0v) is 12.1. The molecule has 0 aliphatic heterocycles. The Morgan fingerprint density at radius 3 is 2.29 bits per heavy atom. The molecule has 0 spiro atoms. The van der Waals surface area contributed by atoms with E-state index in [9.17, 15) is 0 Å². The fourth-order valence-corrected chi connectivity index (χ4v) is 2.52. The summed E-state index contributed by atoms with van der Waals surface area (Å²) >= 11 is 6.09. The molecule has 1 rings (SSSR count). The fourth-order valence-electron chi connectivity index (χ4n) is 2.40. The van der Waals surface area contributed by atoms with Crippen LogP contribution < -0.4 is 5.32 Å². The number of aryl methyl sites for hydroxylation is 1. The normalized spacial score (nSPS) is 13.1. The highest BCUT2D eigenvalue weighted by Crippen LogP contribution is 2.29. The molecule has 0 aliphatic carbocycles. The molecule has 0 bridgehead atoms. The van der Waals surface area contributed by atoms with Crippen molar-refractivity contribution in [2.45, 2.75) is 46.6 Å². The van der Waals surface area contributed by atoms with E-state index in [2.05, 4.69) is 45.1 Å². The number of hydrogen-bond donors (Lipinski definition) is 1. The van der Waals surface area contributed by atoms with Gasteiger partial charge < -0.3 is 5.32 Å². The van der Waals surface area contributed by atoms with Crippen molar-refractivity contribution in [2.75, 3.05) is 6.54 Å². The highest BCUT2D eigenvalue weighted by molar-refractivity contribution is 6.31. The average molecular weight is 254 g/mol. The highest BCUT2D eigenvalue weighted by Gasteiger charge is 2.19. The molecular formula is C15H24ClN. The quantitative estimate of drug-likeness (QED) is 0.773. The SMILES string of the molecule is CCNC(c1ccc(Cl)c(C)c1)C(CC)CC. The maximum atomic E-state index is 6.09. The Bertz CT molecular complexity index is 345. The summed E-state index contributed by atoms with van der Waals surface area (Å²) < 4.78 is 0. The second-order valence-corrected chi connectivity index (χ2v) is 5.03. The summed E-state index contributed by atoms with van der Waals surface area (Å²) in [6.07, 6.45) is 2.41. The van der Waals surface area contributed by atoms with E-state index in [0.717, 1.165) is 17.1 Å². The van der Waals surface area contributed by atoms with Gasteiger partial charge in [-0.05, 0) is 36.6 Å². The first-order valence-corrected chi connectivity index (χ1v) is 7.01. The Morgan fingerprint density at radius 2 is 1.82 bits per heavy atom. The lowest BCUT2D eigenvalue weighted by molar-refractivity contribution is 0.346. The lowest BCUT2D eigenvalue weighted by atomic mass is 9.88. The van der Waals surface area contributed by atoms with Crippen LogP contribution in [0.3, 0.4) is 0 Å². The number of hydrogen-bond acceptors (Lipinski definition) is 1. The van der Waals surface area contributed by atoms with Crippen LogP contribution >= 0.6 is 11.6 Å². The van der Waals surface area contributed by atoms with E-state index in [1.807, 2.05) is 6.07 Å². The van der Waals surface area contributed by atoms with E-state index < -0.39 is 0 Å². The number of benzene rings is 1. The molecule has 0 saturated heterocycles. The van der Waals surface area contributed by atoms with Crippen molar-refractivity contribution >= 4 is 11.6 Å². The summed E-state index contributed by atoms with van der Waals surface area (Å²) in [4.78, 5) is 0. The van der Waals surface area contributed by atoms with Crippen molar-refractivity contribution in [3.63, 3.8) is 0 Å². The van der Waals surface area contributed by atoms with Crippen molar-refractivity contribution in [3.05, 3.63) is 34.3 Å². The largest absolute Gasteiger partial charge is 0.310 e. The minimum Gasteiger partial charge on any atom is -0.310 e. The van der Waals surface area contributed by atoms with E-state index in [4.69, 9.17) is 11.6 Å². The maximum Gasteiger partial charge on any atom is 0.0435 e. The summed E-state index contributed by atoms with van der Waals surface area (Å²) in [7, 11) is 0. The zero-order chi connectivity index (χ0) is 12.8. The Balaban J connectivity index is 2.99. The first-order valence-electron chi connectivity index (χ1n) is 6.63. The van der Waals surface area contributed by atoms with Crippen molar-refractivity contribution in [1.29, 1.82) is 0 Å². The average Bonchev–Trinajstić information content (AvgIpc) is 2.33. The molecule has 1 nitrogen and oxygen atoms in total. The van der Waals surface area contributed by atoms with Crippen molar-refractivity contribution in [3.8, 4) is 0 Å². The van der Waals surface area contributed by atoms with Gasteiger partial charge in [-0.1, -0.05) is 57.3 Å². The predicted molar refractivity (Wildman–Crippen MR) is 76.7 cm³/mol. The number of nitrogens with one attached hydrogen (secondary N) is 1. The van der Waals surface area contributed by atoms with Crippen molar-refractivity contribution in [1.82, 2.24) is 5.32 Å². The molecule has 0 saturated carbocycles. The standard InChI is InChI=1S/C15H24ClN/c1-5-12(6-2)15(17-7-3)13-8-9-14(16)11(4)10-13/h8-10,12,15,17H,5-7H2,1-4H3. The molecular weight excluding hydrogens is 230 g/mol. The van der Waals surface area contributed by atoms with Gasteiger partial charge in [0.1, 0.15) is 0 Å². The Kier molecular flexibility index (Phi) is 6.01. The van der Waals surface area contributed by atoms with E-state index >= 15 is 0 Å². The van der Waals surface area contributed by atoms with E-state index in [1.54, 1.807) is 0 Å². The fraction of sp³-hybridized carbons (Fsp3) is 0.600. The van der Waals surface area contributed by atoms with Gasteiger partial charge in [0.15, 0.2) is 0 Å². The topological polar surface area (TPSA) is 12.0 Å². The molecule has 0 aliphatic rings. The van der Waals surface area contributed by atoms with E-state index in [0.29, 0.717) is 12.0 Å². The lowest BCUT2D eigenvalue weighted by Gasteiger charge is -2.27. The van der Waals surface area contributed by atoms with Gasteiger partial charge in [0.2, 0.25) is 0 Å². The molecule has 1 N–H and O–H groups in total. The third-order valence-corrected chi connectivity index (χ3v) is 3.91. The van der Waals surface area contributed by atoms with Crippen LogP contribution in [0.1, 0.15) is 50.8 Å². The van der Waals surface area contributed by atoms with Gasteiger partial charge >= 0.3 is 0 Å². The second-order valence-electron chi connectivity index (χ2n) is 4.62. The molecule has 96 valence electrons. The molecule has 17 heavy (non-hydrogen) atoms. The minimum absolute atomic E-state index is 0.450. The first kappa shape index (κ1) is 14.5. The molecule has 0 heterocycles. The molecule has 0 amide bonds. The van der Waals surface area contributed by atoms with Crippen molar-refractivity contribution in [2.24, 2.45) is 5.92 Å². The van der Waals surface area contributed by atoms with Gasteiger partial charge in [-0.15, -0.1) is 0 Å². The Hall–Kier alpha value is -0.530. The molecule has 0 radical (unpaired) electrons. The minimum atomic E-state index is 0.450. The summed E-state index contributed by atoms with van der Waals surface area (Å²) in [5.41, 5.74) is 2.53. The van der Waals surface area contributed by atoms with Gasteiger partial charge in [-0.2, -0.15) is 0 Å². The lowest BCUT2D eigenvalue weighted by Crippen LogP contribution is -2.27. The molecule has 0 fully saturated rings. The predicted octanol–water partition coefficient (Wildman–Crippen LogP) is 4.74. The van der Waals surface area contributed by atoms with Crippen LogP contribution in [0.15, 0.2) is 18.2 Å². The smallest absolute Gasteiger partial charge is 0.0435 e. The third-order valence-electron chi connectivity index (χ3n) is 3.49. The van der Waals surface area contributed by atoms with Crippen LogP contribution in [0.5, 0.6) is 0 Å². The zero-order valence-electron chi connectivity index (χ0n) is 11.4. The van der Waals surface area contributed by atoms with Gasteiger partial charge in [0.05, 0.1) is 0 Å². The molecule has 0 aromatic heterocycles. The molecule has 1 aromatic carbocycles. The molecule has 1 aromatic rings. The van der Waals surface area contributed by atoms with Gasteiger partial charge in [-0.25, -0.2) is 0 Å². The first-order chi connectivity index (χ1) is 8.13. The highest BCUT2D eigenvalue weighted by atomic mass is 35.5. The Morgan fingerprint density at radius 1 is 1.18 bits per heavy atom. The van der Waals surface area contributed by atoms with Crippen LogP contribution in [0.2, 0.25) is 5.02 Å². The molecule has 2 heteroatoms. The summed E-state index contributed by atoms with van der Waals surface area (Å²) in [6, 6.07) is 6.83. The summed E-state index contributed by atoms with van der Waals surface area (Å²) in [5, 5.41) is 4.46. The van der Waals surface area contributed by atoms with E-state index in [1.165, 1.54) is 18.4 Å². The second kappa shape index (κ2) is 7.03. The molecule has 1 atom stereocenters. The van der Waals surface area contributed by atoms with Crippen LogP contribution in [-0.2, 0) is 0 Å². The molecule has 1 unspecified atom stereocenters. The monoisotopic (exact) mass is 253 g/mol. The maximum absolute atomic E-state index is 6.09. The summed E-state index contributed by atoms with van der Waals surface area (Å²) in [6.45, 7) is 9.77. The third kappa shape index (κ3) is 3.72. The van der Waals surface area contributed by atoms with Gasteiger partial charge in [-0.3, -0.25) is 0 Å². The van der Waals surface area contributed by atoms with Gasteiger partial charge in [0.25, 0.3) is 0 Å². The summed E-state index contributed by atoms with van der Waals surface area (Å²) in [5.74, 6) is 0.690. The van der Waals surface area contributed by atoms with Crippen LogP contribution in [0.4, 0.5) is 0 Å². The van der Waals surface area contributed by atoms with E-state index in [-0.39, 0.29) is 0 Å². The van der Waals surface area contributed by atoms with Crippen LogP contribution in [0, 0.1) is 12.8 Å². The number of halogens is 1.